The number of hydrogen-bond donors (Lipinski definition) is 1. The first-order valence-electron chi connectivity index (χ1n) is 6.00. The molecule has 1 aromatic carbocycles. The molecule has 1 aromatic rings. The van der Waals surface area contributed by atoms with Crippen LogP contribution in [-0.2, 0) is 15.1 Å². The van der Waals surface area contributed by atoms with E-state index in [9.17, 15) is 9.90 Å². The zero-order chi connectivity index (χ0) is 12.9. The predicted octanol–water partition coefficient (Wildman–Crippen LogP) is 2.48. The van der Waals surface area contributed by atoms with Gasteiger partial charge in [-0.2, -0.15) is 0 Å². The number of benzene rings is 1. The minimum atomic E-state index is -1.16. The second-order valence-corrected chi connectivity index (χ2v) is 4.12. The number of carbonyl (C=O) groups excluding carboxylic acids is 1. The van der Waals surface area contributed by atoms with Crippen LogP contribution < -0.4 is 0 Å². The lowest BCUT2D eigenvalue weighted by atomic mass is 9.80. The van der Waals surface area contributed by atoms with Gasteiger partial charge in [0.1, 0.15) is 5.60 Å². The number of ether oxygens (including phenoxy) is 1. The number of esters is 1. The smallest absolute Gasteiger partial charge is 0.311 e. The lowest BCUT2D eigenvalue weighted by Crippen LogP contribution is -2.38. The van der Waals surface area contributed by atoms with Crippen molar-refractivity contribution in [3.8, 4) is 0 Å². The first-order chi connectivity index (χ1) is 8.06. The van der Waals surface area contributed by atoms with Crippen molar-refractivity contribution in [2.24, 2.45) is 5.92 Å². The molecule has 0 aliphatic carbocycles. The Morgan fingerprint density at radius 1 is 1.35 bits per heavy atom. The zero-order valence-corrected chi connectivity index (χ0v) is 10.6. The number of rotatable bonds is 5. The summed E-state index contributed by atoms with van der Waals surface area (Å²) in [5.41, 5.74) is -0.406. The van der Waals surface area contributed by atoms with E-state index in [2.05, 4.69) is 0 Å². The maximum atomic E-state index is 11.7. The fourth-order valence-electron chi connectivity index (χ4n) is 1.95. The van der Waals surface area contributed by atoms with Gasteiger partial charge in [-0.3, -0.25) is 4.79 Å². The molecule has 0 aromatic heterocycles. The molecule has 0 aliphatic rings. The molecule has 94 valence electrons. The van der Waals surface area contributed by atoms with Crippen molar-refractivity contribution in [3.63, 3.8) is 0 Å². The summed E-state index contributed by atoms with van der Waals surface area (Å²) in [4.78, 5) is 11.7. The standard InChI is InChI=1S/C14H20O3/c1-4-14(16,11(3)13(15)17-5-2)12-9-7-6-8-10-12/h6-11,16H,4-5H2,1-3H3. The summed E-state index contributed by atoms with van der Waals surface area (Å²) in [5.74, 6) is -0.935. The van der Waals surface area contributed by atoms with Gasteiger partial charge in [-0.05, 0) is 25.8 Å². The molecule has 0 spiro atoms. The Balaban J connectivity index is 3.00. The van der Waals surface area contributed by atoms with Gasteiger partial charge in [-0.15, -0.1) is 0 Å². The monoisotopic (exact) mass is 236 g/mol. The lowest BCUT2D eigenvalue weighted by Gasteiger charge is -2.32. The van der Waals surface area contributed by atoms with Crippen molar-refractivity contribution < 1.29 is 14.6 Å². The van der Waals surface area contributed by atoms with Crippen molar-refractivity contribution in [2.45, 2.75) is 32.8 Å². The minimum absolute atomic E-state index is 0.331. The summed E-state index contributed by atoms with van der Waals surface area (Å²) in [5, 5.41) is 10.7. The van der Waals surface area contributed by atoms with Gasteiger partial charge < -0.3 is 9.84 Å². The highest BCUT2D eigenvalue weighted by atomic mass is 16.5. The number of carbonyl (C=O) groups is 1. The maximum Gasteiger partial charge on any atom is 0.311 e. The largest absolute Gasteiger partial charge is 0.466 e. The molecule has 3 nitrogen and oxygen atoms in total. The normalized spacial score (nSPS) is 16.0. The SMILES string of the molecule is CCOC(=O)C(C)C(O)(CC)c1ccccc1. The molecule has 0 heterocycles. The van der Waals surface area contributed by atoms with Gasteiger partial charge in [0.15, 0.2) is 0 Å². The maximum absolute atomic E-state index is 11.7. The zero-order valence-electron chi connectivity index (χ0n) is 10.6. The highest BCUT2D eigenvalue weighted by molar-refractivity contribution is 5.73. The summed E-state index contributed by atoms with van der Waals surface area (Å²) in [7, 11) is 0. The van der Waals surface area contributed by atoms with Crippen LogP contribution in [0, 0.1) is 5.92 Å². The molecule has 0 saturated heterocycles. The first kappa shape index (κ1) is 13.7. The van der Waals surface area contributed by atoms with E-state index in [-0.39, 0.29) is 5.97 Å². The molecule has 1 rings (SSSR count). The molecule has 0 radical (unpaired) electrons. The Kier molecular flexibility index (Phi) is 4.70. The molecule has 2 unspecified atom stereocenters. The van der Waals surface area contributed by atoms with E-state index in [1.165, 1.54) is 0 Å². The Bertz CT molecular complexity index is 361. The summed E-state index contributed by atoms with van der Waals surface area (Å²) < 4.78 is 4.97. The van der Waals surface area contributed by atoms with E-state index in [0.29, 0.717) is 13.0 Å². The summed E-state index contributed by atoms with van der Waals surface area (Å²) in [6.07, 6.45) is 0.469. The summed E-state index contributed by atoms with van der Waals surface area (Å²) >= 11 is 0. The number of aliphatic hydroxyl groups is 1. The molecule has 0 saturated carbocycles. The van der Waals surface area contributed by atoms with Gasteiger partial charge in [0.2, 0.25) is 0 Å². The molecule has 0 aliphatic heterocycles. The number of hydrogen-bond acceptors (Lipinski definition) is 3. The third-order valence-corrected chi connectivity index (χ3v) is 3.17. The van der Waals surface area contributed by atoms with E-state index in [1.807, 2.05) is 37.3 Å². The van der Waals surface area contributed by atoms with Crippen LogP contribution in [0.2, 0.25) is 0 Å². The van der Waals surface area contributed by atoms with Crippen LogP contribution in [0.1, 0.15) is 32.8 Å². The molecule has 2 atom stereocenters. The summed E-state index contributed by atoms with van der Waals surface area (Å²) in [6.45, 7) is 5.66. The molecule has 1 N–H and O–H groups in total. The average Bonchev–Trinajstić information content (AvgIpc) is 2.38. The van der Waals surface area contributed by atoms with Crippen LogP contribution in [0.4, 0.5) is 0 Å². The Morgan fingerprint density at radius 2 is 1.94 bits per heavy atom. The highest BCUT2D eigenvalue weighted by Gasteiger charge is 2.39. The molecule has 3 heteroatoms. The predicted molar refractivity (Wildman–Crippen MR) is 66.4 cm³/mol. The highest BCUT2D eigenvalue weighted by Crippen LogP contribution is 2.33. The van der Waals surface area contributed by atoms with Crippen molar-refractivity contribution in [3.05, 3.63) is 35.9 Å². The van der Waals surface area contributed by atoms with Crippen LogP contribution in [0.25, 0.3) is 0 Å². The molecular weight excluding hydrogens is 216 g/mol. The topological polar surface area (TPSA) is 46.5 Å². The third kappa shape index (κ3) is 2.86. The van der Waals surface area contributed by atoms with E-state index >= 15 is 0 Å². The lowest BCUT2D eigenvalue weighted by molar-refractivity contribution is -0.158. The van der Waals surface area contributed by atoms with Crippen LogP contribution in [-0.4, -0.2) is 17.7 Å². The summed E-state index contributed by atoms with van der Waals surface area (Å²) in [6, 6.07) is 9.26. The van der Waals surface area contributed by atoms with Gasteiger partial charge in [0, 0.05) is 0 Å². The van der Waals surface area contributed by atoms with Crippen molar-refractivity contribution in [1.29, 1.82) is 0 Å². The van der Waals surface area contributed by atoms with Crippen molar-refractivity contribution in [2.75, 3.05) is 6.61 Å². The van der Waals surface area contributed by atoms with E-state index in [1.54, 1.807) is 13.8 Å². The van der Waals surface area contributed by atoms with Crippen molar-refractivity contribution >= 4 is 5.97 Å². The van der Waals surface area contributed by atoms with E-state index < -0.39 is 11.5 Å². The average molecular weight is 236 g/mol. The quantitative estimate of drug-likeness (QED) is 0.799. The van der Waals surface area contributed by atoms with Gasteiger partial charge in [0.25, 0.3) is 0 Å². The second-order valence-electron chi connectivity index (χ2n) is 4.12. The van der Waals surface area contributed by atoms with Gasteiger partial charge in [-0.25, -0.2) is 0 Å². The Hall–Kier alpha value is -1.35. The Labute approximate surface area is 102 Å². The molecule has 17 heavy (non-hydrogen) atoms. The molecule has 0 fully saturated rings. The van der Waals surface area contributed by atoms with Gasteiger partial charge in [0.05, 0.1) is 12.5 Å². The van der Waals surface area contributed by atoms with Gasteiger partial charge >= 0.3 is 5.97 Å². The third-order valence-electron chi connectivity index (χ3n) is 3.17. The molecular formula is C14H20O3. The second kappa shape index (κ2) is 5.82. The molecule has 0 amide bonds. The van der Waals surface area contributed by atoms with Crippen LogP contribution in [0.15, 0.2) is 30.3 Å². The minimum Gasteiger partial charge on any atom is -0.466 e. The first-order valence-corrected chi connectivity index (χ1v) is 6.00. The molecule has 0 bridgehead atoms. The fraction of sp³-hybridized carbons (Fsp3) is 0.500. The fourth-order valence-corrected chi connectivity index (χ4v) is 1.95. The van der Waals surface area contributed by atoms with Crippen LogP contribution in [0.3, 0.4) is 0 Å². The van der Waals surface area contributed by atoms with Crippen LogP contribution >= 0.6 is 0 Å². The van der Waals surface area contributed by atoms with Gasteiger partial charge in [-0.1, -0.05) is 37.3 Å². The van der Waals surface area contributed by atoms with E-state index in [4.69, 9.17) is 4.74 Å². The van der Waals surface area contributed by atoms with Crippen LogP contribution in [0.5, 0.6) is 0 Å². The Morgan fingerprint density at radius 3 is 2.41 bits per heavy atom. The van der Waals surface area contributed by atoms with E-state index in [0.717, 1.165) is 5.56 Å². The van der Waals surface area contributed by atoms with Crippen molar-refractivity contribution in [1.82, 2.24) is 0 Å².